The molecule has 0 aromatic heterocycles. The highest BCUT2D eigenvalue weighted by Gasteiger charge is 2.32. The summed E-state index contributed by atoms with van der Waals surface area (Å²) in [6.07, 6.45) is 13.8. The van der Waals surface area contributed by atoms with Gasteiger partial charge in [-0.3, -0.25) is 0 Å². The van der Waals surface area contributed by atoms with E-state index in [1.54, 1.807) is 0 Å². The van der Waals surface area contributed by atoms with Crippen LogP contribution < -0.4 is 5.73 Å². The van der Waals surface area contributed by atoms with E-state index in [4.69, 9.17) is 5.73 Å². The van der Waals surface area contributed by atoms with Crippen molar-refractivity contribution in [2.75, 3.05) is 0 Å². The van der Waals surface area contributed by atoms with Gasteiger partial charge in [-0.25, -0.2) is 0 Å². The average molecular weight is 239 g/mol. The van der Waals surface area contributed by atoms with Crippen molar-refractivity contribution in [1.29, 1.82) is 0 Å². The summed E-state index contributed by atoms with van der Waals surface area (Å²) in [4.78, 5) is 0. The quantitative estimate of drug-likeness (QED) is 0.629. The molecule has 1 rings (SSSR count). The maximum atomic E-state index is 6.05. The lowest BCUT2D eigenvalue weighted by molar-refractivity contribution is 0.139. The molecule has 17 heavy (non-hydrogen) atoms. The minimum absolute atomic E-state index is 0.496. The fourth-order valence-corrected chi connectivity index (χ4v) is 3.46. The van der Waals surface area contributed by atoms with E-state index >= 15 is 0 Å². The molecular formula is C16H33N. The van der Waals surface area contributed by atoms with Crippen LogP contribution in [0.15, 0.2) is 0 Å². The molecule has 0 heterocycles. The van der Waals surface area contributed by atoms with E-state index in [0.717, 1.165) is 5.92 Å². The molecule has 102 valence electrons. The number of unbranched alkanes of at least 4 members (excludes halogenated alkanes) is 1. The van der Waals surface area contributed by atoms with Crippen LogP contribution in [-0.4, -0.2) is 6.04 Å². The molecule has 0 spiro atoms. The number of nitrogens with two attached hydrogens (primary N) is 1. The van der Waals surface area contributed by atoms with E-state index in [-0.39, 0.29) is 0 Å². The third-order valence-electron chi connectivity index (χ3n) is 4.61. The zero-order valence-corrected chi connectivity index (χ0v) is 12.3. The van der Waals surface area contributed by atoms with E-state index in [1.807, 2.05) is 0 Å². The molecule has 1 aliphatic carbocycles. The van der Waals surface area contributed by atoms with Gasteiger partial charge >= 0.3 is 0 Å². The second-order valence-corrected chi connectivity index (χ2v) is 6.73. The van der Waals surface area contributed by atoms with E-state index in [0.29, 0.717) is 11.5 Å². The Morgan fingerprint density at radius 3 is 2.29 bits per heavy atom. The van der Waals surface area contributed by atoms with Gasteiger partial charge in [0, 0.05) is 6.04 Å². The molecule has 0 amide bonds. The Labute approximate surface area is 109 Å². The van der Waals surface area contributed by atoms with Crippen molar-refractivity contribution in [3.63, 3.8) is 0 Å². The zero-order valence-electron chi connectivity index (χ0n) is 12.3. The monoisotopic (exact) mass is 239 g/mol. The molecule has 1 nitrogen and oxygen atoms in total. The van der Waals surface area contributed by atoms with Gasteiger partial charge in [0.15, 0.2) is 0 Å². The third-order valence-corrected chi connectivity index (χ3v) is 4.61. The minimum Gasteiger partial charge on any atom is -0.328 e. The summed E-state index contributed by atoms with van der Waals surface area (Å²) >= 11 is 0. The van der Waals surface area contributed by atoms with Gasteiger partial charge in [-0.05, 0) is 49.9 Å². The molecule has 0 bridgehead atoms. The standard InChI is InChI=1S/C16H33N/c1-4-10-16(11-6-5-7-14(2)3)12-8-15(17)9-13-16/h14-15H,4-13,17H2,1-3H3. The highest BCUT2D eigenvalue weighted by molar-refractivity contribution is 4.86. The maximum absolute atomic E-state index is 6.05. The van der Waals surface area contributed by atoms with Crippen molar-refractivity contribution in [1.82, 2.24) is 0 Å². The van der Waals surface area contributed by atoms with Gasteiger partial charge in [-0.15, -0.1) is 0 Å². The topological polar surface area (TPSA) is 26.0 Å². The van der Waals surface area contributed by atoms with Crippen LogP contribution in [0.3, 0.4) is 0 Å². The Morgan fingerprint density at radius 1 is 1.12 bits per heavy atom. The first-order chi connectivity index (χ1) is 8.08. The molecule has 1 heteroatoms. The lowest BCUT2D eigenvalue weighted by Crippen LogP contribution is -2.34. The maximum Gasteiger partial charge on any atom is 0.00392 e. The first-order valence-corrected chi connectivity index (χ1v) is 7.83. The Balaban J connectivity index is 2.32. The highest BCUT2D eigenvalue weighted by atomic mass is 14.6. The van der Waals surface area contributed by atoms with Crippen LogP contribution >= 0.6 is 0 Å². The van der Waals surface area contributed by atoms with Crippen LogP contribution in [0.2, 0.25) is 0 Å². The predicted octanol–water partition coefficient (Wildman–Crippen LogP) is 4.89. The number of hydrogen-bond acceptors (Lipinski definition) is 1. The average Bonchev–Trinajstić information content (AvgIpc) is 2.29. The normalized spacial score (nSPS) is 29.8. The second-order valence-electron chi connectivity index (χ2n) is 6.73. The summed E-state index contributed by atoms with van der Waals surface area (Å²) in [6, 6.07) is 0.496. The van der Waals surface area contributed by atoms with Crippen molar-refractivity contribution in [2.24, 2.45) is 17.1 Å². The summed E-state index contributed by atoms with van der Waals surface area (Å²) in [7, 11) is 0. The SMILES string of the molecule is CCCC1(CCCCC(C)C)CCC(N)CC1. The predicted molar refractivity (Wildman–Crippen MR) is 77.1 cm³/mol. The van der Waals surface area contributed by atoms with Crippen molar-refractivity contribution >= 4 is 0 Å². The van der Waals surface area contributed by atoms with Gasteiger partial charge in [0.2, 0.25) is 0 Å². The van der Waals surface area contributed by atoms with Gasteiger partial charge in [0.05, 0.1) is 0 Å². The second kappa shape index (κ2) is 7.41. The molecule has 0 radical (unpaired) electrons. The fourth-order valence-electron chi connectivity index (χ4n) is 3.46. The van der Waals surface area contributed by atoms with E-state index in [1.165, 1.54) is 64.2 Å². The zero-order chi connectivity index (χ0) is 12.7. The van der Waals surface area contributed by atoms with Crippen LogP contribution in [0.1, 0.15) is 85.0 Å². The molecule has 2 N–H and O–H groups in total. The van der Waals surface area contributed by atoms with Gasteiger partial charge in [-0.1, -0.05) is 46.5 Å². The highest BCUT2D eigenvalue weighted by Crippen LogP contribution is 2.44. The van der Waals surface area contributed by atoms with E-state index in [9.17, 15) is 0 Å². The first kappa shape index (κ1) is 15.0. The van der Waals surface area contributed by atoms with Gasteiger partial charge in [-0.2, -0.15) is 0 Å². The number of hydrogen-bond donors (Lipinski definition) is 1. The Morgan fingerprint density at radius 2 is 1.76 bits per heavy atom. The van der Waals surface area contributed by atoms with Crippen LogP contribution in [0.5, 0.6) is 0 Å². The lowest BCUT2D eigenvalue weighted by Gasteiger charge is -2.39. The third kappa shape index (κ3) is 5.42. The summed E-state index contributed by atoms with van der Waals surface area (Å²) in [5.74, 6) is 0.872. The molecule has 0 aromatic carbocycles. The van der Waals surface area contributed by atoms with Crippen LogP contribution in [0.4, 0.5) is 0 Å². The first-order valence-electron chi connectivity index (χ1n) is 7.83. The Hall–Kier alpha value is -0.0400. The summed E-state index contributed by atoms with van der Waals surface area (Å²) in [5.41, 5.74) is 6.71. The van der Waals surface area contributed by atoms with Gasteiger partial charge in [0.25, 0.3) is 0 Å². The van der Waals surface area contributed by atoms with Crippen molar-refractivity contribution < 1.29 is 0 Å². The van der Waals surface area contributed by atoms with Crippen molar-refractivity contribution in [2.45, 2.75) is 91.0 Å². The smallest absolute Gasteiger partial charge is 0.00392 e. The van der Waals surface area contributed by atoms with Crippen molar-refractivity contribution in [3.8, 4) is 0 Å². The summed E-state index contributed by atoms with van der Waals surface area (Å²) < 4.78 is 0. The fraction of sp³-hybridized carbons (Fsp3) is 1.00. The Bertz CT molecular complexity index is 190. The summed E-state index contributed by atoms with van der Waals surface area (Å²) in [6.45, 7) is 7.01. The van der Waals surface area contributed by atoms with Crippen LogP contribution in [0.25, 0.3) is 0 Å². The molecular weight excluding hydrogens is 206 g/mol. The molecule has 1 aliphatic rings. The summed E-state index contributed by atoms with van der Waals surface area (Å²) in [5, 5.41) is 0. The van der Waals surface area contributed by atoms with Crippen LogP contribution in [0, 0.1) is 11.3 Å². The van der Waals surface area contributed by atoms with Crippen molar-refractivity contribution in [3.05, 3.63) is 0 Å². The van der Waals surface area contributed by atoms with E-state index in [2.05, 4.69) is 20.8 Å². The molecule has 0 saturated heterocycles. The van der Waals surface area contributed by atoms with Gasteiger partial charge in [0.1, 0.15) is 0 Å². The largest absolute Gasteiger partial charge is 0.328 e. The molecule has 0 unspecified atom stereocenters. The minimum atomic E-state index is 0.496. The molecule has 1 fully saturated rings. The van der Waals surface area contributed by atoms with Crippen LogP contribution in [-0.2, 0) is 0 Å². The molecule has 0 aliphatic heterocycles. The molecule has 0 aromatic rings. The molecule has 1 saturated carbocycles. The van der Waals surface area contributed by atoms with E-state index < -0.39 is 0 Å². The lowest BCUT2D eigenvalue weighted by atomic mass is 9.67. The molecule has 0 atom stereocenters. The number of rotatable bonds is 7. The van der Waals surface area contributed by atoms with Gasteiger partial charge < -0.3 is 5.73 Å². The Kier molecular flexibility index (Phi) is 6.54.